The standard InChI is InChI=1S/C18H18N4O2S/c19-18(9-1-2-10-18)17-21-16(24-22-17)12-5-7-13(8-6-12)20-15(23)14-4-3-11-25-14/h3-8,11H,1-2,9-10,19H2,(H,20,23). The smallest absolute Gasteiger partial charge is 0.265 e. The SMILES string of the molecule is NC1(c2noc(-c3ccc(NC(=O)c4cccs4)cc3)n2)CCCC1. The van der Waals surface area contributed by atoms with Crippen LogP contribution in [-0.2, 0) is 5.54 Å². The zero-order valence-electron chi connectivity index (χ0n) is 13.6. The summed E-state index contributed by atoms with van der Waals surface area (Å²) in [5.41, 5.74) is 7.42. The molecule has 0 saturated heterocycles. The summed E-state index contributed by atoms with van der Waals surface area (Å²) >= 11 is 1.41. The number of hydrogen-bond donors (Lipinski definition) is 2. The minimum Gasteiger partial charge on any atom is -0.334 e. The molecular weight excluding hydrogens is 336 g/mol. The van der Waals surface area contributed by atoms with Gasteiger partial charge in [0, 0.05) is 11.3 Å². The van der Waals surface area contributed by atoms with Crippen molar-refractivity contribution in [2.24, 2.45) is 5.73 Å². The van der Waals surface area contributed by atoms with Crippen molar-refractivity contribution in [3.8, 4) is 11.5 Å². The van der Waals surface area contributed by atoms with Crippen molar-refractivity contribution in [3.05, 3.63) is 52.5 Å². The number of amides is 1. The van der Waals surface area contributed by atoms with Gasteiger partial charge in [-0.1, -0.05) is 24.1 Å². The van der Waals surface area contributed by atoms with Gasteiger partial charge >= 0.3 is 0 Å². The highest BCUT2D eigenvalue weighted by molar-refractivity contribution is 7.12. The van der Waals surface area contributed by atoms with Crippen LogP contribution in [0.2, 0.25) is 0 Å². The van der Waals surface area contributed by atoms with Crippen molar-refractivity contribution >= 4 is 22.9 Å². The summed E-state index contributed by atoms with van der Waals surface area (Å²) in [7, 11) is 0. The van der Waals surface area contributed by atoms with Crippen LogP contribution in [0.1, 0.15) is 41.2 Å². The number of nitrogens with two attached hydrogens (primary N) is 1. The lowest BCUT2D eigenvalue weighted by Crippen LogP contribution is -2.34. The van der Waals surface area contributed by atoms with Crippen LogP contribution in [0, 0.1) is 0 Å². The molecule has 0 bridgehead atoms. The number of carbonyl (C=O) groups is 1. The van der Waals surface area contributed by atoms with Gasteiger partial charge in [-0.3, -0.25) is 4.79 Å². The third kappa shape index (κ3) is 3.20. The quantitative estimate of drug-likeness (QED) is 0.743. The van der Waals surface area contributed by atoms with Gasteiger partial charge in [0.1, 0.15) is 0 Å². The van der Waals surface area contributed by atoms with Crippen molar-refractivity contribution in [1.82, 2.24) is 10.1 Å². The van der Waals surface area contributed by atoms with Crippen molar-refractivity contribution < 1.29 is 9.32 Å². The second-order valence-electron chi connectivity index (χ2n) is 6.30. The lowest BCUT2D eigenvalue weighted by atomic mass is 9.99. The fourth-order valence-electron chi connectivity index (χ4n) is 3.07. The fourth-order valence-corrected chi connectivity index (χ4v) is 3.69. The molecule has 3 aromatic rings. The predicted octanol–water partition coefficient (Wildman–Crippen LogP) is 3.78. The number of anilines is 1. The molecule has 1 aliphatic carbocycles. The van der Waals surface area contributed by atoms with E-state index in [1.54, 1.807) is 6.07 Å². The molecule has 3 N–H and O–H groups in total. The molecule has 0 aliphatic heterocycles. The number of thiophene rings is 1. The average molecular weight is 354 g/mol. The Morgan fingerprint density at radius 1 is 1.20 bits per heavy atom. The largest absolute Gasteiger partial charge is 0.334 e. The number of aromatic nitrogens is 2. The Morgan fingerprint density at radius 3 is 2.64 bits per heavy atom. The molecule has 6 nitrogen and oxygen atoms in total. The number of benzene rings is 1. The van der Waals surface area contributed by atoms with Crippen molar-refractivity contribution in [3.63, 3.8) is 0 Å². The average Bonchev–Trinajstić information content (AvgIpc) is 3.37. The van der Waals surface area contributed by atoms with Crippen molar-refractivity contribution in [1.29, 1.82) is 0 Å². The molecule has 0 radical (unpaired) electrons. The van der Waals surface area contributed by atoms with Crippen LogP contribution in [-0.4, -0.2) is 16.0 Å². The third-order valence-corrected chi connectivity index (χ3v) is 5.37. The molecule has 7 heteroatoms. The van der Waals surface area contributed by atoms with Gasteiger partial charge in [0.2, 0.25) is 0 Å². The molecule has 1 aromatic carbocycles. The Labute approximate surface area is 149 Å². The molecule has 2 heterocycles. The summed E-state index contributed by atoms with van der Waals surface area (Å²) in [5, 5.41) is 8.81. The molecule has 0 unspecified atom stereocenters. The molecule has 1 fully saturated rings. The van der Waals surface area contributed by atoms with E-state index < -0.39 is 5.54 Å². The Bertz CT molecular complexity index is 865. The Kier molecular flexibility index (Phi) is 4.10. The van der Waals surface area contributed by atoms with Gasteiger partial charge in [0.05, 0.1) is 10.4 Å². The van der Waals surface area contributed by atoms with Crippen LogP contribution in [0.4, 0.5) is 5.69 Å². The molecule has 1 saturated carbocycles. The monoisotopic (exact) mass is 354 g/mol. The summed E-state index contributed by atoms with van der Waals surface area (Å²) < 4.78 is 5.38. The van der Waals surface area contributed by atoms with Crippen LogP contribution in [0.5, 0.6) is 0 Å². The van der Waals surface area contributed by atoms with Gasteiger partial charge in [-0.25, -0.2) is 0 Å². The summed E-state index contributed by atoms with van der Waals surface area (Å²) in [6.45, 7) is 0. The second-order valence-corrected chi connectivity index (χ2v) is 7.24. The fraction of sp³-hybridized carbons (Fsp3) is 0.278. The Balaban J connectivity index is 1.49. The van der Waals surface area contributed by atoms with E-state index in [0.29, 0.717) is 22.3 Å². The molecular formula is C18H18N4O2S. The minimum atomic E-state index is -0.462. The first-order valence-electron chi connectivity index (χ1n) is 8.22. The van der Waals surface area contributed by atoms with E-state index in [-0.39, 0.29) is 5.91 Å². The molecule has 128 valence electrons. The van der Waals surface area contributed by atoms with E-state index in [0.717, 1.165) is 31.2 Å². The van der Waals surface area contributed by atoms with Gasteiger partial charge in [0.15, 0.2) is 5.82 Å². The summed E-state index contributed by atoms with van der Waals surface area (Å²) in [5.74, 6) is 0.909. The first-order valence-corrected chi connectivity index (χ1v) is 9.10. The van der Waals surface area contributed by atoms with Gasteiger partial charge in [-0.2, -0.15) is 4.98 Å². The summed E-state index contributed by atoms with van der Waals surface area (Å²) in [6.07, 6.45) is 3.97. The Hall–Kier alpha value is -2.51. The van der Waals surface area contributed by atoms with Gasteiger partial charge in [-0.15, -0.1) is 11.3 Å². The van der Waals surface area contributed by atoms with Crippen LogP contribution in [0.25, 0.3) is 11.5 Å². The van der Waals surface area contributed by atoms with Gasteiger partial charge < -0.3 is 15.6 Å². The predicted molar refractivity (Wildman–Crippen MR) is 96.3 cm³/mol. The molecule has 0 atom stereocenters. The molecule has 1 amide bonds. The second kappa shape index (κ2) is 6.42. The molecule has 0 spiro atoms. The highest BCUT2D eigenvalue weighted by Gasteiger charge is 2.36. The molecule has 1 aliphatic rings. The zero-order chi connectivity index (χ0) is 17.3. The van der Waals surface area contributed by atoms with E-state index in [2.05, 4.69) is 15.5 Å². The van der Waals surface area contributed by atoms with E-state index in [1.165, 1.54) is 11.3 Å². The lowest BCUT2D eigenvalue weighted by Gasteiger charge is -2.17. The topological polar surface area (TPSA) is 94.0 Å². The number of hydrogen-bond acceptors (Lipinski definition) is 6. The Morgan fingerprint density at radius 2 is 1.96 bits per heavy atom. The number of nitrogens with one attached hydrogen (secondary N) is 1. The van der Waals surface area contributed by atoms with Crippen LogP contribution < -0.4 is 11.1 Å². The van der Waals surface area contributed by atoms with Crippen molar-refractivity contribution in [2.45, 2.75) is 31.2 Å². The van der Waals surface area contributed by atoms with E-state index >= 15 is 0 Å². The minimum absolute atomic E-state index is 0.117. The number of carbonyl (C=O) groups excluding carboxylic acids is 1. The van der Waals surface area contributed by atoms with E-state index in [1.807, 2.05) is 35.7 Å². The number of nitrogens with zero attached hydrogens (tertiary/aromatic N) is 2. The maximum Gasteiger partial charge on any atom is 0.265 e. The van der Waals surface area contributed by atoms with Crippen molar-refractivity contribution in [2.75, 3.05) is 5.32 Å². The lowest BCUT2D eigenvalue weighted by molar-refractivity contribution is 0.103. The number of rotatable bonds is 4. The highest BCUT2D eigenvalue weighted by atomic mass is 32.1. The van der Waals surface area contributed by atoms with Crippen LogP contribution >= 0.6 is 11.3 Å². The maximum absolute atomic E-state index is 12.1. The zero-order valence-corrected chi connectivity index (χ0v) is 14.4. The molecule has 2 aromatic heterocycles. The summed E-state index contributed by atoms with van der Waals surface area (Å²) in [6, 6.07) is 11.0. The van der Waals surface area contributed by atoms with Crippen LogP contribution in [0.3, 0.4) is 0 Å². The first kappa shape index (κ1) is 16.0. The van der Waals surface area contributed by atoms with E-state index in [9.17, 15) is 4.79 Å². The first-order chi connectivity index (χ1) is 12.1. The maximum atomic E-state index is 12.1. The molecule has 4 rings (SSSR count). The third-order valence-electron chi connectivity index (χ3n) is 4.50. The van der Waals surface area contributed by atoms with Gasteiger partial charge in [-0.05, 0) is 48.6 Å². The summed E-state index contributed by atoms with van der Waals surface area (Å²) in [4.78, 5) is 17.2. The molecule has 25 heavy (non-hydrogen) atoms. The highest BCUT2D eigenvalue weighted by Crippen LogP contribution is 2.35. The van der Waals surface area contributed by atoms with Crippen LogP contribution in [0.15, 0.2) is 46.3 Å². The van der Waals surface area contributed by atoms with E-state index in [4.69, 9.17) is 10.3 Å². The van der Waals surface area contributed by atoms with Gasteiger partial charge in [0.25, 0.3) is 11.8 Å². The normalized spacial score (nSPS) is 16.0.